The van der Waals surface area contributed by atoms with Gasteiger partial charge in [0.25, 0.3) is 0 Å². The van der Waals surface area contributed by atoms with E-state index in [9.17, 15) is 5.11 Å². The number of piperidine rings is 1. The minimum atomic E-state index is -0.501. The van der Waals surface area contributed by atoms with Gasteiger partial charge in [0, 0.05) is 33.3 Å². The molecule has 1 heterocycles. The van der Waals surface area contributed by atoms with Crippen LogP contribution in [0.3, 0.4) is 0 Å². The molecular formula is C18H33N3O2. The van der Waals surface area contributed by atoms with Crippen LogP contribution in [0.5, 0.6) is 0 Å². The Kier molecular flexibility index (Phi) is 5.81. The Morgan fingerprint density at radius 1 is 1.17 bits per heavy atom. The van der Waals surface area contributed by atoms with Crippen molar-refractivity contribution in [2.24, 2.45) is 10.9 Å². The fourth-order valence-electron chi connectivity index (χ4n) is 4.02. The molecule has 0 bridgehead atoms. The zero-order valence-electron chi connectivity index (χ0n) is 14.6. The maximum Gasteiger partial charge on any atom is 0.193 e. The fraction of sp³-hybridized carbons (Fsp3) is 0.944. The van der Waals surface area contributed by atoms with Gasteiger partial charge in [-0.1, -0.05) is 12.8 Å². The summed E-state index contributed by atoms with van der Waals surface area (Å²) in [5, 5.41) is 13.6. The monoisotopic (exact) mass is 323 g/mol. The standard InChI is InChI=1S/C18H33N3O2/c1-19-17(20-14-18(22)9-4-10-18)21-11-7-16(8-12-21)23-13-15-5-2-3-6-15/h15-16,22H,2-14H2,1H3,(H,19,20). The third-order valence-electron chi connectivity index (χ3n) is 5.86. The number of nitrogens with one attached hydrogen (secondary N) is 1. The number of nitrogens with zero attached hydrogens (tertiary/aromatic N) is 2. The van der Waals surface area contributed by atoms with E-state index in [1.54, 1.807) is 0 Å². The van der Waals surface area contributed by atoms with Crippen LogP contribution in [0.4, 0.5) is 0 Å². The molecule has 3 aliphatic rings. The van der Waals surface area contributed by atoms with Gasteiger partial charge in [0.2, 0.25) is 0 Å². The van der Waals surface area contributed by atoms with E-state index in [1.165, 1.54) is 25.7 Å². The van der Waals surface area contributed by atoms with Crippen molar-refractivity contribution in [3.63, 3.8) is 0 Å². The Morgan fingerprint density at radius 2 is 1.87 bits per heavy atom. The Hall–Kier alpha value is -0.810. The summed E-state index contributed by atoms with van der Waals surface area (Å²) in [4.78, 5) is 6.69. The highest BCUT2D eigenvalue weighted by molar-refractivity contribution is 5.80. The van der Waals surface area contributed by atoms with Gasteiger partial charge >= 0.3 is 0 Å². The van der Waals surface area contributed by atoms with E-state index in [0.717, 1.165) is 63.7 Å². The number of hydrogen-bond acceptors (Lipinski definition) is 3. The van der Waals surface area contributed by atoms with Crippen LogP contribution in [-0.2, 0) is 4.74 Å². The Bertz CT molecular complexity index is 395. The quantitative estimate of drug-likeness (QED) is 0.601. The molecule has 0 aromatic carbocycles. The zero-order valence-corrected chi connectivity index (χ0v) is 14.6. The molecule has 2 aliphatic carbocycles. The molecule has 3 rings (SSSR count). The van der Waals surface area contributed by atoms with Crippen LogP contribution < -0.4 is 5.32 Å². The molecule has 0 radical (unpaired) electrons. The summed E-state index contributed by atoms with van der Waals surface area (Å²) >= 11 is 0. The summed E-state index contributed by atoms with van der Waals surface area (Å²) in [5.41, 5.74) is -0.501. The van der Waals surface area contributed by atoms with Crippen molar-refractivity contribution in [1.29, 1.82) is 0 Å². The van der Waals surface area contributed by atoms with Crippen LogP contribution in [-0.4, -0.2) is 61.0 Å². The molecular weight excluding hydrogens is 290 g/mol. The minimum absolute atomic E-state index is 0.417. The van der Waals surface area contributed by atoms with Gasteiger partial charge in [-0.25, -0.2) is 0 Å². The average molecular weight is 323 g/mol. The summed E-state index contributed by atoms with van der Waals surface area (Å²) in [6, 6.07) is 0. The molecule has 0 aromatic heterocycles. The van der Waals surface area contributed by atoms with Crippen LogP contribution in [0.25, 0.3) is 0 Å². The lowest BCUT2D eigenvalue weighted by molar-refractivity contribution is -0.0289. The minimum Gasteiger partial charge on any atom is -0.388 e. The number of aliphatic imine (C=N–C) groups is 1. The van der Waals surface area contributed by atoms with E-state index in [2.05, 4.69) is 15.2 Å². The molecule has 1 saturated heterocycles. The van der Waals surface area contributed by atoms with Crippen LogP contribution in [0, 0.1) is 5.92 Å². The second kappa shape index (κ2) is 7.84. The normalized spacial score (nSPS) is 26.3. The van der Waals surface area contributed by atoms with Gasteiger partial charge in [0.1, 0.15) is 0 Å². The van der Waals surface area contributed by atoms with E-state index in [0.29, 0.717) is 12.6 Å². The molecule has 0 aromatic rings. The van der Waals surface area contributed by atoms with Crippen molar-refractivity contribution in [3.8, 4) is 0 Å². The Morgan fingerprint density at radius 3 is 2.43 bits per heavy atom. The van der Waals surface area contributed by atoms with Gasteiger partial charge < -0.3 is 20.1 Å². The highest BCUT2D eigenvalue weighted by atomic mass is 16.5. The predicted octanol–water partition coefficient (Wildman–Crippen LogP) is 2.15. The average Bonchev–Trinajstić information content (AvgIpc) is 3.06. The number of guanidine groups is 1. The lowest BCUT2D eigenvalue weighted by Crippen LogP contribution is -2.53. The molecule has 0 atom stereocenters. The molecule has 3 fully saturated rings. The summed E-state index contributed by atoms with van der Waals surface area (Å²) in [6.07, 6.45) is 11.0. The van der Waals surface area contributed by atoms with Crippen LogP contribution >= 0.6 is 0 Å². The first kappa shape index (κ1) is 17.0. The Labute approximate surface area is 140 Å². The highest BCUT2D eigenvalue weighted by Crippen LogP contribution is 2.30. The molecule has 0 amide bonds. The third-order valence-corrected chi connectivity index (χ3v) is 5.86. The van der Waals surface area contributed by atoms with Crippen LogP contribution in [0.2, 0.25) is 0 Å². The fourth-order valence-corrected chi connectivity index (χ4v) is 4.02. The zero-order chi connectivity index (χ0) is 16.1. The second-order valence-corrected chi connectivity index (χ2v) is 7.65. The van der Waals surface area contributed by atoms with Crippen molar-refractivity contribution in [2.45, 2.75) is 69.5 Å². The molecule has 132 valence electrons. The van der Waals surface area contributed by atoms with Crippen molar-refractivity contribution in [1.82, 2.24) is 10.2 Å². The van der Waals surface area contributed by atoms with Crippen molar-refractivity contribution in [2.75, 3.05) is 33.3 Å². The van der Waals surface area contributed by atoms with E-state index in [-0.39, 0.29) is 0 Å². The summed E-state index contributed by atoms with van der Waals surface area (Å²) in [5.74, 6) is 1.74. The maximum absolute atomic E-state index is 10.2. The van der Waals surface area contributed by atoms with Crippen LogP contribution in [0.15, 0.2) is 4.99 Å². The van der Waals surface area contributed by atoms with Gasteiger partial charge in [-0.15, -0.1) is 0 Å². The number of hydrogen-bond donors (Lipinski definition) is 2. The smallest absolute Gasteiger partial charge is 0.193 e. The lowest BCUT2D eigenvalue weighted by atomic mass is 9.80. The van der Waals surface area contributed by atoms with E-state index >= 15 is 0 Å². The maximum atomic E-state index is 10.2. The third kappa shape index (κ3) is 4.60. The van der Waals surface area contributed by atoms with Gasteiger partial charge in [0.05, 0.1) is 11.7 Å². The second-order valence-electron chi connectivity index (χ2n) is 7.65. The SMILES string of the molecule is CN=C(NCC1(O)CCC1)N1CCC(OCC2CCCC2)CC1. The van der Waals surface area contributed by atoms with Crippen molar-refractivity contribution in [3.05, 3.63) is 0 Å². The first-order valence-corrected chi connectivity index (χ1v) is 9.48. The number of likely N-dealkylation sites (tertiary alicyclic amines) is 1. The van der Waals surface area contributed by atoms with E-state index in [1.807, 2.05) is 7.05 Å². The van der Waals surface area contributed by atoms with Gasteiger partial charge in [-0.05, 0) is 50.9 Å². The highest BCUT2D eigenvalue weighted by Gasteiger charge is 2.35. The topological polar surface area (TPSA) is 57.1 Å². The largest absolute Gasteiger partial charge is 0.388 e. The number of aliphatic hydroxyl groups is 1. The summed E-state index contributed by atoms with van der Waals surface area (Å²) < 4.78 is 6.14. The molecule has 1 aliphatic heterocycles. The van der Waals surface area contributed by atoms with Crippen LogP contribution in [0.1, 0.15) is 57.8 Å². The van der Waals surface area contributed by atoms with E-state index < -0.39 is 5.60 Å². The van der Waals surface area contributed by atoms with E-state index in [4.69, 9.17) is 4.74 Å². The summed E-state index contributed by atoms with van der Waals surface area (Å²) in [7, 11) is 1.83. The first-order chi connectivity index (χ1) is 11.2. The van der Waals surface area contributed by atoms with Crippen molar-refractivity contribution < 1.29 is 9.84 Å². The number of ether oxygens (including phenoxy) is 1. The molecule has 2 N–H and O–H groups in total. The molecule has 0 unspecified atom stereocenters. The predicted molar refractivity (Wildman–Crippen MR) is 92.7 cm³/mol. The van der Waals surface area contributed by atoms with Crippen molar-refractivity contribution >= 4 is 5.96 Å². The molecule has 5 heteroatoms. The molecule has 0 spiro atoms. The molecule has 23 heavy (non-hydrogen) atoms. The molecule has 2 saturated carbocycles. The first-order valence-electron chi connectivity index (χ1n) is 9.48. The van der Waals surface area contributed by atoms with Gasteiger partial charge in [0.15, 0.2) is 5.96 Å². The molecule has 5 nitrogen and oxygen atoms in total. The van der Waals surface area contributed by atoms with Gasteiger partial charge in [-0.3, -0.25) is 4.99 Å². The lowest BCUT2D eigenvalue weighted by Gasteiger charge is -2.39. The number of rotatable bonds is 5. The Balaban J connectivity index is 1.36. The van der Waals surface area contributed by atoms with Gasteiger partial charge in [-0.2, -0.15) is 0 Å². The summed E-state index contributed by atoms with van der Waals surface area (Å²) in [6.45, 7) is 3.57.